The van der Waals surface area contributed by atoms with Gasteiger partial charge in [0.2, 0.25) is 0 Å². The van der Waals surface area contributed by atoms with E-state index in [1.54, 1.807) is 36.5 Å². The van der Waals surface area contributed by atoms with Crippen molar-refractivity contribution in [3.63, 3.8) is 0 Å². The molecule has 0 fully saturated rings. The summed E-state index contributed by atoms with van der Waals surface area (Å²) in [5.74, 6) is -0.298. The largest absolute Gasteiger partial charge is 0.394 e. The fourth-order valence-corrected chi connectivity index (χ4v) is 2.48. The van der Waals surface area contributed by atoms with Crippen molar-refractivity contribution in [2.75, 3.05) is 6.61 Å². The Morgan fingerprint density at radius 3 is 2.67 bits per heavy atom. The van der Waals surface area contributed by atoms with Crippen molar-refractivity contribution in [1.82, 2.24) is 5.32 Å². The van der Waals surface area contributed by atoms with E-state index in [4.69, 9.17) is 0 Å². The van der Waals surface area contributed by atoms with Crippen molar-refractivity contribution in [3.8, 4) is 0 Å². The maximum Gasteiger partial charge on any atom is 0.128 e. The lowest BCUT2D eigenvalue weighted by Gasteiger charge is -2.29. The number of hydrogen-bond donors (Lipinski definition) is 2. The van der Waals surface area contributed by atoms with E-state index in [1.165, 1.54) is 6.07 Å². The van der Waals surface area contributed by atoms with E-state index in [2.05, 4.69) is 5.32 Å². The van der Waals surface area contributed by atoms with Gasteiger partial charge < -0.3 is 10.4 Å². The number of halogens is 1. The van der Waals surface area contributed by atoms with Crippen LogP contribution in [0.3, 0.4) is 0 Å². The third-order valence-electron chi connectivity index (χ3n) is 3.02. The molecule has 0 aliphatic rings. The smallest absolute Gasteiger partial charge is 0.128 e. The van der Waals surface area contributed by atoms with Crippen LogP contribution in [0.5, 0.6) is 0 Å². The molecule has 1 atom stereocenters. The van der Waals surface area contributed by atoms with E-state index < -0.39 is 5.54 Å². The number of nitrogens with one attached hydrogen (secondary N) is 1. The Bertz CT molecular complexity index is 500. The summed E-state index contributed by atoms with van der Waals surface area (Å²) >= 11 is 1.64. The highest BCUT2D eigenvalue weighted by molar-refractivity contribution is 7.09. The molecule has 0 amide bonds. The van der Waals surface area contributed by atoms with Crippen LogP contribution >= 0.6 is 11.3 Å². The van der Waals surface area contributed by atoms with Gasteiger partial charge >= 0.3 is 0 Å². The highest BCUT2D eigenvalue weighted by Gasteiger charge is 2.27. The molecule has 96 valence electrons. The minimum absolute atomic E-state index is 0.153. The van der Waals surface area contributed by atoms with Crippen molar-refractivity contribution < 1.29 is 9.50 Å². The van der Waals surface area contributed by atoms with Crippen molar-refractivity contribution in [1.29, 1.82) is 0 Å². The Kier molecular flexibility index (Phi) is 4.11. The molecule has 0 saturated heterocycles. The lowest BCUT2D eigenvalue weighted by atomic mass is 9.92. The van der Waals surface area contributed by atoms with Crippen LogP contribution in [0.1, 0.15) is 17.4 Å². The highest BCUT2D eigenvalue weighted by Crippen LogP contribution is 2.24. The molecule has 2 N–H and O–H groups in total. The fraction of sp³-hybridized carbons (Fsp3) is 0.286. The maximum atomic E-state index is 13.8. The molecule has 2 rings (SSSR count). The third kappa shape index (κ3) is 2.77. The van der Waals surface area contributed by atoms with Gasteiger partial charge in [-0.05, 0) is 24.4 Å². The normalized spacial score (nSPS) is 14.4. The van der Waals surface area contributed by atoms with Gasteiger partial charge in [-0.1, -0.05) is 24.3 Å². The molecule has 0 aliphatic heterocycles. The lowest BCUT2D eigenvalue weighted by molar-refractivity contribution is 0.170. The first-order chi connectivity index (χ1) is 8.65. The number of thiophene rings is 1. The van der Waals surface area contributed by atoms with Crippen LogP contribution in [0.4, 0.5) is 4.39 Å². The van der Waals surface area contributed by atoms with Crippen LogP contribution in [0.2, 0.25) is 0 Å². The van der Waals surface area contributed by atoms with E-state index in [0.29, 0.717) is 12.1 Å². The SMILES string of the molecule is CC(CO)(NCc1cccs1)c1ccccc1F. The third-order valence-corrected chi connectivity index (χ3v) is 3.89. The zero-order chi connectivity index (χ0) is 13.0. The molecule has 1 heterocycles. The predicted octanol–water partition coefficient (Wildman–Crippen LogP) is 2.88. The number of rotatable bonds is 5. The molecule has 0 aliphatic carbocycles. The van der Waals surface area contributed by atoms with Gasteiger partial charge in [0, 0.05) is 17.0 Å². The van der Waals surface area contributed by atoms with Gasteiger partial charge in [0.15, 0.2) is 0 Å². The second kappa shape index (κ2) is 5.61. The minimum atomic E-state index is -0.769. The Hall–Kier alpha value is -1.23. The van der Waals surface area contributed by atoms with Gasteiger partial charge in [0.25, 0.3) is 0 Å². The summed E-state index contributed by atoms with van der Waals surface area (Å²) in [7, 11) is 0. The van der Waals surface area contributed by atoms with Crippen LogP contribution in [-0.2, 0) is 12.1 Å². The summed E-state index contributed by atoms with van der Waals surface area (Å²) in [6.07, 6.45) is 0. The minimum Gasteiger partial charge on any atom is -0.394 e. The fourth-order valence-electron chi connectivity index (χ4n) is 1.84. The summed E-state index contributed by atoms with van der Waals surface area (Å²) in [5.41, 5.74) is -0.279. The molecule has 1 unspecified atom stereocenters. The molecule has 2 aromatic rings. The zero-order valence-electron chi connectivity index (χ0n) is 10.2. The number of hydrogen-bond acceptors (Lipinski definition) is 3. The molecule has 0 bridgehead atoms. The summed E-state index contributed by atoms with van der Waals surface area (Å²) in [6, 6.07) is 10.5. The first kappa shape index (κ1) is 13.2. The summed E-state index contributed by atoms with van der Waals surface area (Å²) in [5, 5.41) is 14.8. The number of aliphatic hydroxyl groups excluding tert-OH is 1. The van der Waals surface area contributed by atoms with Gasteiger partial charge in [-0.3, -0.25) is 0 Å². The van der Waals surface area contributed by atoms with Crippen molar-refractivity contribution >= 4 is 11.3 Å². The molecule has 1 aromatic heterocycles. The van der Waals surface area contributed by atoms with Gasteiger partial charge in [0.05, 0.1) is 12.1 Å². The second-order valence-corrected chi connectivity index (χ2v) is 5.44. The Morgan fingerprint density at radius 1 is 1.28 bits per heavy atom. The Balaban J connectivity index is 2.17. The maximum absolute atomic E-state index is 13.8. The monoisotopic (exact) mass is 265 g/mol. The van der Waals surface area contributed by atoms with Crippen molar-refractivity contribution in [3.05, 3.63) is 58.0 Å². The zero-order valence-corrected chi connectivity index (χ0v) is 11.0. The molecular weight excluding hydrogens is 249 g/mol. The van der Waals surface area contributed by atoms with Crippen LogP contribution < -0.4 is 5.32 Å². The van der Waals surface area contributed by atoms with E-state index in [9.17, 15) is 9.50 Å². The van der Waals surface area contributed by atoms with Crippen LogP contribution in [0.25, 0.3) is 0 Å². The van der Waals surface area contributed by atoms with Gasteiger partial charge in [-0.15, -0.1) is 11.3 Å². The predicted molar refractivity (Wildman–Crippen MR) is 72.0 cm³/mol. The lowest BCUT2D eigenvalue weighted by Crippen LogP contribution is -2.43. The summed E-state index contributed by atoms with van der Waals surface area (Å²) in [6.45, 7) is 2.27. The average molecular weight is 265 g/mol. The quantitative estimate of drug-likeness (QED) is 0.871. The van der Waals surface area contributed by atoms with E-state index >= 15 is 0 Å². The Morgan fingerprint density at radius 2 is 2.06 bits per heavy atom. The van der Waals surface area contributed by atoms with Crippen molar-refractivity contribution in [2.24, 2.45) is 0 Å². The topological polar surface area (TPSA) is 32.3 Å². The van der Waals surface area contributed by atoms with E-state index in [-0.39, 0.29) is 12.4 Å². The number of benzene rings is 1. The molecule has 2 nitrogen and oxygen atoms in total. The second-order valence-electron chi connectivity index (χ2n) is 4.40. The molecule has 0 spiro atoms. The van der Waals surface area contributed by atoms with Gasteiger partial charge in [-0.25, -0.2) is 4.39 Å². The van der Waals surface area contributed by atoms with Crippen LogP contribution in [-0.4, -0.2) is 11.7 Å². The summed E-state index contributed by atoms with van der Waals surface area (Å²) < 4.78 is 13.8. The summed E-state index contributed by atoms with van der Waals surface area (Å²) in [4.78, 5) is 1.16. The van der Waals surface area contributed by atoms with Gasteiger partial charge in [0.1, 0.15) is 5.82 Å². The average Bonchev–Trinajstić information content (AvgIpc) is 2.90. The molecule has 4 heteroatoms. The molecule has 0 radical (unpaired) electrons. The first-order valence-electron chi connectivity index (χ1n) is 5.79. The van der Waals surface area contributed by atoms with Crippen LogP contribution in [0, 0.1) is 5.82 Å². The van der Waals surface area contributed by atoms with Crippen LogP contribution in [0.15, 0.2) is 41.8 Å². The standard InChI is InChI=1S/C14H16FNOS/c1-14(10-17,12-6-2-3-7-13(12)15)16-9-11-5-4-8-18-11/h2-8,16-17H,9-10H2,1H3. The van der Waals surface area contributed by atoms with Gasteiger partial charge in [-0.2, -0.15) is 0 Å². The molecular formula is C14H16FNOS. The Labute approximate surface area is 110 Å². The van der Waals surface area contributed by atoms with Crippen molar-refractivity contribution in [2.45, 2.75) is 19.0 Å². The molecule has 18 heavy (non-hydrogen) atoms. The van der Waals surface area contributed by atoms with E-state index in [0.717, 1.165) is 4.88 Å². The highest BCUT2D eigenvalue weighted by atomic mass is 32.1. The first-order valence-corrected chi connectivity index (χ1v) is 6.67. The van der Waals surface area contributed by atoms with E-state index in [1.807, 2.05) is 17.5 Å². The molecule has 0 saturated carbocycles. The molecule has 1 aromatic carbocycles. The number of aliphatic hydroxyl groups is 1.